The van der Waals surface area contributed by atoms with Gasteiger partial charge in [0.05, 0.1) is 0 Å². The first-order chi connectivity index (χ1) is 9.34. The first kappa shape index (κ1) is 12.2. The van der Waals surface area contributed by atoms with E-state index >= 15 is 0 Å². The number of fused-ring (bicyclic) bond motifs is 1. The highest BCUT2D eigenvalue weighted by molar-refractivity contribution is 7.36. The van der Waals surface area contributed by atoms with Crippen molar-refractivity contribution in [2.45, 2.75) is 12.7 Å². The van der Waals surface area contributed by atoms with Crippen LogP contribution in [-0.2, 0) is 5.75 Å². The number of hydrogen-bond donors (Lipinski definition) is 0. The quantitative estimate of drug-likeness (QED) is 0.657. The van der Waals surface area contributed by atoms with Crippen molar-refractivity contribution in [1.82, 2.24) is 4.98 Å². The molecule has 0 aliphatic carbocycles. The number of aryl methyl sites for hydroxylation is 1. The lowest BCUT2D eigenvalue weighted by Gasteiger charge is -2.02. The summed E-state index contributed by atoms with van der Waals surface area (Å²) in [4.78, 5) is 4.63. The lowest BCUT2D eigenvalue weighted by atomic mass is 10.3. The van der Waals surface area contributed by atoms with Crippen LogP contribution in [0.15, 0.2) is 54.6 Å². The summed E-state index contributed by atoms with van der Waals surface area (Å²) in [5.74, 6) is 1.94. The molecule has 96 valence electrons. The van der Waals surface area contributed by atoms with Gasteiger partial charge in [0.2, 0.25) is 9.71 Å². The van der Waals surface area contributed by atoms with Crippen LogP contribution in [0.3, 0.4) is 0 Å². The van der Waals surface area contributed by atoms with Crippen molar-refractivity contribution in [3.05, 3.63) is 59.6 Å². The van der Waals surface area contributed by atoms with Gasteiger partial charge in [-0.3, -0.25) is 0 Å². The van der Waals surface area contributed by atoms with E-state index in [1.165, 1.54) is 9.71 Å². The fourth-order valence-electron chi connectivity index (χ4n) is 2.16. The topological polar surface area (TPSA) is 22.1 Å². The predicted molar refractivity (Wildman–Crippen MR) is 80.9 cm³/mol. The van der Waals surface area contributed by atoms with Gasteiger partial charge in [0.1, 0.15) is 17.9 Å². The Labute approximate surface area is 115 Å². The lowest BCUT2D eigenvalue weighted by molar-refractivity contribution is 0.332. The van der Waals surface area contributed by atoms with Gasteiger partial charge in [0.15, 0.2) is 5.75 Å². The molecule has 1 unspecified atom stereocenters. The first-order valence-corrected chi connectivity index (χ1v) is 7.77. The molecular weight excluding hydrogens is 254 g/mol. The molecule has 3 heteroatoms. The van der Waals surface area contributed by atoms with Gasteiger partial charge in [0, 0.05) is 23.5 Å². The molecule has 3 rings (SSSR count). The second-order valence-corrected chi connectivity index (χ2v) is 6.58. The molecule has 1 heterocycles. The van der Waals surface area contributed by atoms with E-state index in [9.17, 15) is 0 Å². The number of rotatable bonds is 4. The molecule has 0 N–H and O–H groups in total. The molecule has 0 fully saturated rings. The minimum absolute atomic E-state index is 0.104. The van der Waals surface area contributed by atoms with E-state index in [4.69, 9.17) is 4.74 Å². The van der Waals surface area contributed by atoms with Crippen LogP contribution in [0.4, 0.5) is 0 Å². The number of ether oxygens (including phenoxy) is 1. The van der Waals surface area contributed by atoms with Gasteiger partial charge in [-0.05, 0) is 18.2 Å². The Kier molecular flexibility index (Phi) is 3.47. The Morgan fingerprint density at radius 3 is 2.58 bits per heavy atom. The summed E-state index contributed by atoms with van der Waals surface area (Å²) in [6.45, 7) is 2.85. The maximum absolute atomic E-state index is 5.78. The van der Waals surface area contributed by atoms with E-state index in [1.54, 1.807) is 0 Å². The normalized spacial score (nSPS) is 11.7. The van der Waals surface area contributed by atoms with Crippen LogP contribution >= 0.6 is 10.5 Å². The maximum atomic E-state index is 5.78. The lowest BCUT2D eigenvalue weighted by Crippen LogP contribution is -1.97. The number of para-hydroxylation sites is 2. The summed E-state index contributed by atoms with van der Waals surface area (Å²) in [7, 11) is 0.104. The average molecular weight is 270 g/mol. The third-order valence-electron chi connectivity index (χ3n) is 3.06. The number of benzene rings is 2. The van der Waals surface area contributed by atoms with Gasteiger partial charge in [0.25, 0.3) is 0 Å². The van der Waals surface area contributed by atoms with Gasteiger partial charge in [-0.25, -0.2) is 0 Å². The molecule has 0 aliphatic rings. The monoisotopic (exact) mass is 270 g/mol. The smallest absolute Gasteiger partial charge is 0.240 e. The molecule has 1 aromatic heterocycles. The van der Waals surface area contributed by atoms with Crippen molar-refractivity contribution < 1.29 is 4.74 Å². The van der Waals surface area contributed by atoms with E-state index in [2.05, 4.69) is 30.1 Å². The molecule has 0 saturated heterocycles. The van der Waals surface area contributed by atoms with Crippen LogP contribution in [0.25, 0.3) is 10.2 Å². The number of nitrogens with zero attached hydrogens (tertiary/aromatic N) is 1. The van der Waals surface area contributed by atoms with Crippen molar-refractivity contribution in [3.63, 3.8) is 0 Å². The van der Waals surface area contributed by atoms with E-state index in [0.29, 0.717) is 0 Å². The van der Waals surface area contributed by atoms with Crippen LogP contribution < -0.4 is 4.74 Å². The van der Waals surface area contributed by atoms with Gasteiger partial charge < -0.3 is 4.74 Å². The molecule has 19 heavy (non-hydrogen) atoms. The van der Waals surface area contributed by atoms with Gasteiger partial charge in [-0.1, -0.05) is 30.3 Å². The molecule has 0 bridgehead atoms. The average Bonchev–Trinajstić information content (AvgIpc) is 2.76. The second kappa shape index (κ2) is 5.41. The standard InChI is InChI=1S/C16H16NOS/c1-13-17-15-9-5-6-10-16(15)19(13)12-11-18-14-7-3-2-4-8-14/h2-10H,11-12H2,1H3/q+1. The molecular formula is C16H16NOS+. The van der Waals surface area contributed by atoms with E-state index in [0.717, 1.165) is 23.6 Å². The van der Waals surface area contributed by atoms with Gasteiger partial charge >= 0.3 is 0 Å². The molecule has 0 saturated carbocycles. The maximum Gasteiger partial charge on any atom is 0.240 e. The molecule has 0 amide bonds. The number of thiazole rings is 1. The fraction of sp³-hybridized carbons (Fsp3) is 0.188. The number of aromatic nitrogens is 1. The van der Waals surface area contributed by atoms with E-state index < -0.39 is 0 Å². The van der Waals surface area contributed by atoms with E-state index in [-0.39, 0.29) is 10.5 Å². The molecule has 1 atom stereocenters. The summed E-state index contributed by atoms with van der Waals surface area (Å²) in [5, 5.41) is 1.22. The Bertz CT molecular complexity index is 676. The molecule has 2 nitrogen and oxygen atoms in total. The fourth-order valence-corrected chi connectivity index (χ4v) is 4.06. The van der Waals surface area contributed by atoms with Gasteiger partial charge in [-0.15, -0.1) is 0 Å². The Balaban J connectivity index is 1.73. The summed E-state index contributed by atoms with van der Waals surface area (Å²) in [5.41, 5.74) is 1.13. The second-order valence-electron chi connectivity index (χ2n) is 4.35. The van der Waals surface area contributed by atoms with Crippen molar-refractivity contribution in [2.24, 2.45) is 0 Å². The van der Waals surface area contributed by atoms with Crippen molar-refractivity contribution >= 4 is 20.7 Å². The Morgan fingerprint density at radius 2 is 1.74 bits per heavy atom. The minimum atomic E-state index is 0.104. The SMILES string of the molecule is Cc1nc2ccccc2[s+]1CCOc1ccccc1. The Morgan fingerprint density at radius 1 is 1.00 bits per heavy atom. The van der Waals surface area contributed by atoms with Crippen LogP contribution in [-0.4, -0.2) is 11.6 Å². The van der Waals surface area contributed by atoms with E-state index in [1.807, 2.05) is 36.4 Å². The highest BCUT2D eigenvalue weighted by Gasteiger charge is 2.18. The molecule has 0 aliphatic heterocycles. The van der Waals surface area contributed by atoms with Crippen molar-refractivity contribution in [2.75, 3.05) is 6.61 Å². The molecule has 0 spiro atoms. The van der Waals surface area contributed by atoms with Gasteiger partial charge in [-0.2, -0.15) is 4.98 Å². The largest absolute Gasteiger partial charge is 0.488 e. The van der Waals surface area contributed by atoms with Crippen LogP contribution in [0.1, 0.15) is 5.01 Å². The molecule has 3 aromatic rings. The Hall–Kier alpha value is -1.87. The summed E-state index contributed by atoms with van der Waals surface area (Å²) in [6, 6.07) is 18.4. The number of hydrogen-bond acceptors (Lipinski definition) is 2. The minimum Gasteiger partial charge on any atom is -0.488 e. The zero-order valence-electron chi connectivity index (χ0n) is 10.9. The summed E-state index contributed by atoms with van der Waals surface area (Å²) in [6.07, 6.45) is 0. The third-order valence-corrected chi connectivity index (χ3v) is 5.32. The third kappa shape index (κ3) is 2.61. The summed E-state index contributed by atoms with van der Waals surface area (Å²) < 4.78 is 7.14. The van der Waals surface area contributed by atoms with Crippen molar-refractivity contribution in [1.29, 1.82) is 0 Å². The van der Waals surface area contributed by atoms with Crippen LogP contribution in [0.5, 0.6) is 5.75 Å². The highest BCUT2D eigenvalue weighted by Crippen LogP contribution is 2.34. The zero-order valence-corrected chi connectivity index (χ0v) is 11.7. The van der Waals surface area contributed by atoms with Crippen LogP contribution in [0.2, 0.25) is 0 Å². The predicted octanol–water partition coefficient (Wildman–Crippen LogP) is 4.37. The zero-order chi connectivity index (χ0) is 13.1. The molecule has 0 radical (unpaired) electrons. The highest BCUT2D eigenvalue weighted by atomic mass is 32.2. The summed E-state index contributed by atoms with van der Waals surface area (Å²) >= 11 is 0. The molecule has 2 aromatic carbocycles. The van der Waals surface area contributed by atoms with Crippen LogP contribution in [0, 0.1) is 6.92 Å². The van der Waals surface area contributed by atoms with Crippen molar-refractivity contribution in [3.8, 4) is 5.75 Å². The first-order valence-electron chi connectivity index (χ1n) is 6.37.